The molecule has 0 bridgehead atoms. The minimum absolute atomic E-state index is 0.0174. The van der Waals surface area contributed by atoms with E-state index in [4.69, 9.17) is 40.2 Å². The lowest BCUT2D eigenvalue weighted by molar-refractivity contribution is -0.157. The van der Waals surface area contributed by atoms with Crippen molar-refractivity contribution in [3.05, 3.63) is 29.8 Å². The van der Waals surface area contributed by atoms with Crippen molar-refractivity contribution in [1.29, 1.82) is 0 Å². The molecule has 0 aromatic heterocycles. The zero-order valence-electron chi connectivity index (χ0n) is 22.9. The van der Waals surface area contributed by atoms with Gasteiger partial charge in [-0.15, -0.1) is 0 Å². The Morgan fingerprint density at radius 1 is 0.872 bits per heavy atom. The van der Waals surface area contributed by atoms with Crippen LogP contribution in [0.25, 0.3) is 0 Å². The Bertz CT molecular complexity index is 833. The van der Waals surface area contributed by atoms with E-state index in [1.54, 1.807) is 45.0 Å². The minimum Gasteiger partial charge on any atom is -0.482 e. The van der Waals surface area contributed by atoms with E-state index >= 15 is 0 Å². The first-order valence-electron chi connectivity index (χ1n) is 12.7. The summed E-state index contributed by atoms with van der Waals surface area (Å²) >= 11 is 5.31. The Morgan fingerprint density at radius 2 is 1.41 bits per heavy atom. The lowest BCUT2D eigenvalue weighted by Gasteiger charge is -2.19. The largest absolute Gasteiger partial charge is 0.482 e. The Kier molecular flexibility index (Phi) is 18.1. The van der Waals surface area contributed by atoms with Gasteiger partial charge >= 0.3 is 11.9 Å². The molecule has 1 atom stereocenters. The van der Waals surface area contributed by atoms with Crippen molar-refractivity contribution in [2.45, 2.75) is 45.3 Å². The van der Waals surface area contributed by atoms with Gasteiger partial charge in [-0.2, -0.15) is 0 Å². The van der Waals surface area contributed by atoms with E-state index in [0.29, 0.717) is 64.1 Å². The Morgan fingerprint density at radius 3 is 1.92 bits per heavy atom. The zero-order chi connectivity index (χ0) is 28.9. The topological polar surface area (TPSA) is 151 Å². The third-order valence-corrected chi connectivity index (χ3v) is 4.89. The number of carboxylic acids is 1. The van der Waals surface area contributed by atoms with Crippen molar-refractivity contribution in [1.82, 2.24) is 10.2 Å². The molecule has 39 heavy (non-hydrogen) atoms. The van der Waals surface area contributed by atoms with Gasteiger partial charge in [-0.05, 0) is 50.2 Å². The fourth-order valence-electron chi connectivity index (χ4n) is 2.97. The monoisotopic (exact) mass is 576 g/mol. The molecule has 0 aliphatic rings. The molecule has 1 aromatic rings. The molecule has 12 nitrogen and oxygen atoms in total. The predicted octanol–water partition coefficient (Wildman–Crippen LogP) is 1.72. The summed E-state index contributed by atoms with van der Waals surface area (Å²) in [5, 5.41) is 12.0. The quantitative estimate of drug-likeness (QED) is 0.105. The fraction of sp³-hybridized carbons (Fsp3) is 0.654. The summed E-state index contributed by atoms with van der Waals surface area (Å²) in [6.07, 6.45) is 0.102. The van der Waals surface area contributed by atoms with Crippen molar-refractivity contribution in [2.24, 2.45) is 0 Å². The number of hydrogen-bond acceptors (Lipinski definition) is 10. The number of carbonyl (C=O) groups excluding carboxylic acids is 2. The van der Waals surface area contributed by atoms with Crippen LogP contribution in [0.15, 0.2) is 24.3 Å². The number of amides is 1. The van der Waals surface area contributed by atoms with Gasteiger partial charge < -0.3 is 38.8 Å². The molecular formula is C26H41ClN2O10. The molecule has 1 aromatic carbocycles. The normalized spacial score (nSPS) is 12.1. The molecule has 0 aliphatic heterocycles. The molecular weight excluding hydrogens is 536 g/mol. The molecule has 222 valence electrons. The van der Waals surface area contributed by atoms with Gasteiger partial charge in [-0.25, -0.2) is 14.4 Å². The third-order valence-electron chi connectivity index (χ3n) is 4.70. The fourth-order valence-corrected chi connectivity index (χ4v) is 3.05. The van der Waals surface area contributed by atoms with Crippen LogP contribution in [0.2, 0.25) is 0 Å². The first-order chi connectivity index (χ1) is 18.6. The SMILES string of the molecule is CC(C)(C)OC(=O)COc1ccc(CC(NC(=O)CCOCCOCCOCCOCCNCl)C(=O)O)cc1. The number of halogens is 1. The third kappa shape index (κ3) is 19.3. The second-order valence-corrected chi connectivity index (χ2v) is 9.53. The highest BCUT2D eigenvalue weighted by Crippen LogP contribution is 2.15. The molecule has 3 N–H and O–H groups in total. The van der Waals surface area contributed by atoms with E-state index in [-0.39, 0.29) is 26.1 Å². The van der Waals surface area contributed by atoms with E-state index in [1.807, 2.05) is 0 Å². The highest BCUT2D eigenvalue weighted by atomic mass is 35.5. The number of benzene rings is 1. The van der Waals surface area contributed by atoms with Crippen molar-refractivity contribution >= 4 is 29.6 Å². The van der Waals surface area contributed by atoms with E-state index in [1.165, 1.54) is 0 Å². The molecule has 0 heterocycles. The molecule has 0 aliphatic carbocycles. The standard InChI is InChI=1S/C26H41ClN2O10/c1-26(2,3)39-24(31)19-38-21-6-4-20(5-7-21)18-22(25(32)33)29-23(30)8-10-34-12-14-36-16-17-37-15-13-35-11-9-28-27/h4-7,22,28H,8-19H2,1-3H3,(H,29,30)(H,32,33). The molecule has 0 saturated carbocycles. The van der Waals surface area contributed by atoms with Gasteiger partial charge in [0.15, 0.2) is 6.61 Å². The zero-order valence-corrected chi connectivity index (χ0v) is 23.6. The highest BCUT2D eigenvalue weighted by Gasteiger charge is 2.20. The minimum atomic E-state index is -1.15. The summed E-state index contributed by atoms with van der Waals surface area (Å²) < 4.78 is 31.9. The van der Waals surface area contributed by atoms with Crippen molar-refractivity contribution in [2.75, 3.05) is 66.0 Å². The summed E-state index contributed by atoms with van der Waals surface area (Å²) in [4.78, 5) is 38.0. The van der Waals surface area contributed by atoms with Crippen LogP contribution < -0.4 is 14.9 Å². The molecule has 0 saturated heterocycles. The molecule has 0 radical (unpaired) electrons. The van der Waals surface area contributed by atoms with Crippen molar-refractivity contribution in [3.8, 4) is 5.75 Å². The van der Waals surface area contributed by atoms with Gasteiger partial charge in [-0.1, -0.05) is 12.1 Å². The van der Waals surface area contributed by atoms with Gasteiger partial charge in [0.25, 0.3) is 0 Å². The molecule has 0 spiro atoms. The molecule has 1 rings (SSSR count). The van der Waals surface area contributed by atoms with Gasteiger partial charge in [0.1, 0.15) is 17.4 Å². The predicted molar refractivity (Wildman–Crippen MR) is 143 cm³/mol. The second kappa shape index (κ2) is 20.4. The Hall–Kier alpha value is -2.48. The number of hydrogen-bond donors (Lipinski definition) is 3. The van der Waals surface area contributed by atoms with Gasteiger partial charge in [0.2, 0.25) is 5.91 Å². The number of esters is 1. The van der Waals surface area contributed by atoms with Crippen LogP contribution >= 0.6 is 11.8 Å². The average molecular weight is 577 g/mol. The number of carboxylic acid groups (broad SMARTS) is 1. The maximum absolute atomic E-state index is 12.2. The number of aliphatic carboxylic acids is 1. The van der Waals surface area contributed by atoms with Crippen LogP contribution in [-0.2, 0) is 44.5 Å². The van der Waals surface area contributed by atoms with Crippen LogP contribution in [0.3, 0.4) is 0 Å². The second-order valence-electron chi connectivity index (χ2n) is 9.26. The number of ether oxygens (including phenoxy) is 6. The van der Waals surface area contributed by atoms with Gasteiger partial charge in [0.05, 0.1) is 52.9 Å². The van der Waals surface area contributed by atoms with Crippen molar-refractivity contribution in [3.63, 3.8) is 0 Å². The van der Waals surface area contributed by atoms with Crippen LogP contribution in [0, 0.1) is 0 Å². The van der Waals surface area contributed by atoms with Crippen molar-refractivity contribution < 1.29 is 47.9 Å². The Labute approximate surface area is 234 Å². The number of nitrogens with one attached hydrogen (secondary N) is 2. The number of rotatable bonds is 22. The first kappa shape index (κ1) is 34.5. The smallest absolute Gasteiger partial charge is 0.344 e. The van der Waals surface area contributed by atoms with Crippen LogP contribution in [0.4, 0.5) is 0 Å². The van der Waals surface area contributed by atoms with Gasteiger partial charge in [-0.3, -0.25) is 4.79 Å². The summed E-state index contributed by atoms with van der Waals surface area (Å²) in [6.45, 7) is 8.70. The van der Waals surface area contributed by atoms with E-state index < -0.39 is 29.5 Å². The summed E-state index contributed by atoms with van der Waals surface area (Å²) in [5.74, 6) is -1.63. The average Bonchev–Trinajstić information content (AvgIpc) is 2.87. The first-order valence-corrected chi connectivity index (χ1v) is 13.1. The van der Waals surface area contributed by atoms with Gasteiger partial charge in [0, 0.05) is 19.4 Å². The van der Waals surface area contributed by atoms with E-state index in [9.17, 15) is 19.5 Å². The Balaban J connectivity index is 2.19. The summed E-state index contributed by atoms with van der Waals surface area (Å²) in [6, 6.07) is 5.50. The molecule has 0 fully saturated rings. The molecule has 1 amide bonds. The molecule has 13 heteroatoms. The molecule has 1 unspecified atom stereocenters. The van der Waals surface area contributed by atoms with Crippen LogP contribution in [0.1, 0.15) is 32.8 Å². The van der Waals surface area contributed by atoms with Crippen LogP contribution in [-0.4, -0.2) is 101 Å². The maximum atomic E-state index is 12.2. The van der Waals surface area contributed by atoms with E-state index in [2.05, 4.69) is 10.2 Å². The highest BCUT2D eigenvalue weighted by molar-refractivity contribution is 6.13. The van der Waals surface area contributed by atoms with Crippen LogP contribution in [0.5, 0.6) is 5.75 Å². The summed E-state index contributed by atoms with van der Waals surface area (Å²) in [7, 11) is 0. The summed E-state index contributed by atoms with van der Waals surface area (Å²) in [5.41, 5.74) is 0.0805. The van der Waals surface area contributed by atoms with E-state index in [0.717, 1.165) is 0 Å². The maximum Gasteiger partial charge on any atom is 0.344 e. The number of carbonyl (C=O) groups is 3. The lowest BCUT2D eigenvalue weighted by Crippen LogP contribution is -2.42. The lowest BCUT2D eigenvalue weighted by atomic mass is 10.1.